The zero-order valence-electron chi connectivity index (χ0n) is 18.6. The molecule has 32 heavy (non-hydrogen) atoms. The number of amides is 1. The molecule has 6 heteroatoms. The fourth-order valence-electron chi connectivity index (χ4n) is 4.06. The third-order valence-corrected chi connectivity index (χ3v) is 5.43. The smallest absolute Gasteiger partial charge is 0.407 e. The maximum absolute atomic E-state index is 12.2. The molecule has 0 aliphatic heterocycles. The van der Waals surface area contributed by atoms with E-state index in [1.54, 1.807) is 27.8 Å². The zero-order valence-corrected chi connectivity index (χ0v) is 18.6. The molecule has 0 spiro atoms. The predicted octanol–water partition coefficient (Wildman–Crippen LogP) is 5.72. The highest BCUT2D eigenvalue weighted by atomic mass is 16.6. The van der Waals surface area contributed by atoms with Crippen LogP contribution in [-0.2, 0) is 18.3 Å². The minimum absolute atomic E-state index is 0.0470. The maximum atomic E-state index is 12.2. The van der Waals surface area contributed by atoms with Gasteiger partial charge in [0.1, 0.15) is 5.60 Å². The minimum atomic E-state index is -1.04. The Kier molecular flexibility index (Phi) is 5.38. The lowest BCUT2D eigenvalue weighted by atomic mass is 9.96. The number of aromatic nitrogens is 1. The number of aryl methyl sites for hydroxylation is 1. The average molecular weight is 431 g/mol. The van der Waals surface area contributed by atoms with Crippen LogP contribution in [0.1, 0.15) is 36.8 Å². The van der Waals surface area contributed by atoms with Crippen molar-refractivity contribution in [2.24, 2.45) is 7.05 Å². The summed E-state index contributed by atoms with van der Waals surface area (Å²) in [6.45, 7) is 5.38. The van der Waals surface area contributed by atoms with Crippen LogP contribution in [0.2, 0.25) is 0 Å². The first kappa shape index (κ1) is 21.4. The van der Waals surface area contributed by atoms with Crippen LogP contribution in [0.25, 0.3) is 32.8 Å². The lowest BCUT2D eigenvalue weighted by molar-refractivity contribution is 0.0519. The van der Waals surface area contributed by atoms with Crippen LogP contribution in [-0.4, -0.2) is 27.3 Å². The number of ether oxygens (including phenoxy) is 1. The van der Waals surface area contributed by atoms with E-state index in [2.05, 4.69) is 23.5 Å². The number of carboxylic acids is 1. The molecule has 1 heterocycles. The van der Waals surface area contributed by atoms with Crippen molar-refractivity contribution >= 4 is 33.7 Å². The number of carbonyl (C=O) groups is 2. The Hall–Kier alpha value is -3.80. The van der Waals surface area contributed by atoms with Gasteiger partial charge in [-0.15, -0.1) is 0 Å². The Balaban J connectivity index is 1.79. The number of hydrogen-bond donors (Lipinski definition) is 2. The summed E-state index contributed by atoms with van der Waals surface area (Å²) < 4.78 is 7.09. The second-order valence-electron chi connectivity index (χ2n) is 8.80. The van der Waals surface area contributed by atoms with Crippen LogP contribution in [0.3, 0.4) is 0 Å². The molecule has 0 radical (unpaired) electrons. The first-order valence-electron chi connectivity index (χ1n) is 10.5. The summed E-state index contributed by atoms with van der Waals surface area (Å²) in [7, 11) is 1.80. The number of benzene rings is 3. The van der Waals surface area contributed by atoms with E-state index in [1.807, 2.05) is 47.0 Å². The topological polar surface area (TPSA) is 80.6 Å². The van der Waals surface area contributed by atoms with Gasteiger partial charge in [-0.1, -0.05) is 48.5 Å². The summed E-state index contributed by atoms with van der Waals surface area (Å²) in [5.74, 6) is -1.04. The van der Waals surface area contributed by atoms with E-state index in [4.69, 9.17) is 4.74 Å². The number of fused-ring (bicyclic) bond motifs is 2. The van der Waals surface area contributed by atoms with Crippen molar-refractivity contribution in [3.8, 4) is 11.1 Å². The third-order valence-electron chi connectivity index (χ3n) is 5.43. The van der Waals surface area contributed by atoms with Crippen LogP contribution < -0.4 is 5.32 Å². The zero-order chi connectivity index (χ0) is 23.0. The average Bonchev–Trinajstić information content (AvgIpc) is 3.02. The van der Waals surface area contributed by atoms with Crippen molar-refractivity contribution in [3.63, 3.8) is 0 Å². The van der Waals surface area contributed by atoms with Gasteiger partial charge in [-0.3, -0.25) is 0 Å². The van der Waals surface area contributed by atoms with Crippen molar-refractivity contribution in [2.45, 2.75) is 32.9 Å². The highest BCUT2D eigenvalue weighted by Gasteiger charge is 2.23. The second kappa shape index (κ2) is 8.04. The molecule has 0 bridgehead atoms. The number of nitrogens with one attached hydrogen (secondary N) is 1. The van der Waals surface area contributed by atoms with Gasteiger partial charge < -0.3 is 19.7 Å². The highest BCUT2D eigenvalue weighted by molar-refractivity contribution is 6.07. The Morgan fingerprint density at radius 2 is 1.72 bits per heavy atom. The van der Waals surface area contributed by atoms with Gasteiger partial charge in [-0.25, -0.2) is 9.59 Å². The van der Waals surface area contributed by atoms with Crippen LogP contribution in [0.15, 0.2) is 60.7 Å². The quantitative estimate of drug-likeness (QED) is 0.434. The lowest BCUT2D eigenvalue weighted by Gasteiger charge is -2.19. The van der Waals surface area contributed by atoms with Gasteiger partial charge >= 0.3 is 12.1 Å². The van der Waals surface area contributed by atoms with E-state index in [-0.39, 0.29) is 12.1 Å². The number of hydrogen-bond acceptors (Lipinski definition) is 3. The van der Waals surface area contributed by atoms with Crippen LogP contribution >= 0.6 is 0 Å². The fraction of sp³-hybridized carbons (Fsp3) is 0.231. The van der Waals surface area contributed by atoms with Crippen molar-refractivity contribution in [1.82, 2.24) is 9.88 Å². The summed E-state index contributed by atoms with van der Waals surface area (Å²) in [6, 6.07) is 20.1. The van der Waals surface area contributed by atoms with Gasteiger partial charge in [0, 0.05) is 18.0 Å². The van der Waals surface area contributed by atoms with Gasteiger partial charge in [-0.2, -0.15) is 0 Å². The molecule has 164 valence electrons. The van der Waals surface area contributed by atoms with E-state index < -0.39 is 17.7 Å². The molecule has 1 aromatic heterocycles. The first-order valence-corrected chi connectivity index (χ1v) is 10.5. The molecule has 4 rings (SSSR count). The Morgan fingerprint density at radius 1 is 1.00 bits per heavy atom. The molecule has 2 N–H and O–H groups in total. The van der Waals surface area contributed by atoms with Gasteiger partial charge in [0.2, 0.25) is 0 Å². The molecular formula is C26H26N2O4. The highest BCUT2D eigenvalue weighted by Crippen LogP contribution is 2.33. The normalized spacial score (nSPS) is 11.6. The summed E-state index contributed by atoms with van der Waals surface area (Å²) in [6.07, 6.45) is -0.587. The van der Waals surface area contributed by atoms with Crippen LogP contribution in [0.5, 0.6) is 0 Å². The monoisotopic (exact) mass is 430 g/mol. The van der Waals surface area contributed by atoms with Gasteiger partial charge in [0.15, 0.2) is 0 Å². The number of nitrogens with zero attached hydrogens (tertiary/aromatic N) is 1. The molecule has 1 amide bonds. The molecule has 3 aromatic carbocycles. The Bertz CT molecular complexity index is 1340. The molecular weight excluding hydrogens is 404 g/mol. The summed E-state index contributed by atoms with van der Waals surface area (Å²) in [4.78, 5) is 24.3. The number of carbonyl (C=O) groups excluding carboxylic acids is 1. The molecule has 0 saturated heterocycles. The largest absolute Gasteiger partial charge is 0.478 e. The molecule has 0 aliphatic carbocycles. The Morgan fingerprint density at radius 3 is 2.44 bits per heavy atom. The number of rotatable bonds is 4. The van der Waals surface area contributed by atoms with Gasteiger partial charge in [0.25, 0.3) is 0 Å². The molecule has 0 atom stereocenters. The van der Waals surface area contributed by atoms with Crippen molar-refractivity contribution in [1.29, 1.82) is 0 Å². The van der Waals surface area contributed by atoms with E-state index in [9.17, 15) is 14.7 Å². The maximum Gasteiger partial charge on any atom is 0.407 e. The molecule has 0 saturated carbocycles. The van der Waals surface area contributed by atoms with Crippen molar-refractivity contribution < 1.29 is 19.4 Å². The molecule has 0 fully saturated rings. The van der Waals surface area contributed by atoms with E-state index in [1.165, 1.54) is 0 Å². The number of carboxylic acid groups (broad SMARTS) is 1. The third kappa shape index (κ3) is 4.04. The standard InChI is InChI=1S/C26H26N2O4/c1-26(2,3)32-25(31)27-15-22-23(24(29)30)20-14-17(12-13-21(20)28(22)4)19-11-7-9-16-8-5-6-10-18(16)19/h5-14H,15H2,1-4H3,(H,27,31)(H,29,30). The van der Waals surface area contributed by atoms with E-state index in [0.29, 0.717) is 11.1 Å². The van der Waals surface area contributed by atoms with Gasteiger partial charge in [0.05, 0.1) is 17.8 Å². The first-order chi connectivity index (χ1) is 15.2. The molecule has 4 aromatic rings. The van der Waals surface area contributed by atoms with Crippen molar-refractivity contribution in [3.05, 3.63) is 71.9 Å². The van der Waals surface area contributed by atoms with Crippen molar-refractivity contribution in [2.75, 3.05) is 0 Å². The molecule has 0 unspecified atom stereocenters. The fourth-order valence-corrected chi connectivity index (χ4v) is 4.06. The summed E-state index contributed by atoms with van der Waals surface area (Å²) in [5.41, 5.74) is 2.82. The predicted molar refractivity (Wildman–Crippen MR) is 126 cm³/mol. The summed E-state index contributed by atoms with van der Waals surface area (Å²) in [5, 5.41) is 15.5. The number of aromatic carboxylic acids is 1. The van der Waals surface area contributed by atoms with Crippen LogP contribution in [0.4, 0.5) is 4.79 Å². The minimum Gasteiger partial charge on any atom is -0.478 e. The van der Waals surface area contributed by atoms with Crippen LogP contribution in [0, 0.1) is 0 Å². The SMILES string of the molecule is Cn1c(CNC(=O)OC(C)(C)C)c(C(=O)O)c2cc(-c3cccc4ccccc34)ccc21. The summed E-state index contributed by atoms with van der Waals surface area (Å²) >= 11 is 0. The molecule has 0 aliphatic rings. The lowest BCUT2D eigenvalue weighted by Crippen LogP contribution is -2.32. The van der Waals surface area contributed by atoms with E-state index in [0.717, 1.165) is 27.4 Å². The van der Waals surface area contributed by atoms with E-state index >= 15 is 0 Å². The molecule has 6 nitrogen and oxygen atoms in total. The number of alkyl carbamates (subject to hydrolysis) is 1. The second-order valence-corrected chi connectivity index (χ2v) is 8.80. The Labute approximate surface area is 186 Å². The van der Waals surface area contributed by atoms with Gasteiger partial charge in [-0.05, 0) is 54.8 Å².